The monoisotopic (exact) mass is 292 g/mol. The van der Waals surface area contributed by atoms with Gasteiger partial charge in [0.15, 0.2) is 0 Å². The second-order valence-electron chi connectivity index (χ2n) is 4.34. The fourth-order valence-electron chi connectivity index (χ4n) is 1.84. The lowest BCUT2D eigenvalue weighted by atomic mass is 10.1. The summed E-state index contributed by atoms with van der Waals surface area (Å²) in [6.07, 6.45) is 2.31. The molecule has 0 aromatic heterocycles. The first-order chi connectivity index (χ1) is 9.62. The highest BCUT2D eigenvalue weighted by molar-refractivity contribution is 7.98. The van der Waals surface area contributed by atoms with Gasteiger partial charge in [0.1, 0.15) is 6.04 Å². The van der Waals surface area contributed by atoms with Crippen LogP contribution in [-0.4, -0.2) is 37.3 Å². The maximum absolute atomic E-state index is 11.3. The number of nitrogens with zero attached hydrogens (tertiary/aromatic N) is 2. The summed E-state index contributed by atoms with van der Waals surface area (Å²) in [6.45, 7) is 2.68. The molecule has 1 aromatic carbocycles. The topological polar surface area (TPSA) is 53.3 Å². The van der Waals surface area contributed by atoms with E-state index in [1.807, 2.05) is 42.5 Å². The van der Waals surface area contributed by atoms with Crippen LogP contribution in [0, 0.1) is 11.3 Å². The first-order valence-corrected chi connectivity index (χ1v) is 7.74. The Bertz CT molecular complexity index is 468. The van der Waals surface area contributed by atoms with Crippen molar-refractivity contribution < 1.29 is 9.53 Å². The molecule has 0 aliphatic heterocycles. The quantitative estimate of drug-likeness (QED) is 0.571. The van der Waals surface area contributed by atoms with E-state index in [2.05, 4.69) is 6.07 Å². The number of nitriles is 1. The zero-order valence-electron chi connectivity index (χ0n) is 12.1. The smallest absolute Gasteiger partial charge is 0.307 e. The third kappa shape index (κ3) is 4.87. The molecule has 1 atom stereocenters. The third-order valence-corrected chi connectivity index (χ3v) is 3.71. The van der Waals surface area contributed by atoms with E-state index in [1.54, 1.807) is 18.7 Å². The Morgan fingerprint density at radius 1 is 1.45 bits per heavy atom. The number of thioether (sulfide) groups is 1. The number of hydrogen-bond donors (Lipinski definition) is 0. The van der Waals surface area contributed by atoms with E-state index in [0.717, 1.165) is 5.56 Å². The standard InChI is InChI=1S/C15H20N2O2S/c1-4-19-15(18)9-10-17(2)14(11-16)12-5-7-13(20-3)8-6-12/h5-8,14H,4,9-10H2,1-3H3. The molecule has 0 saturated carbocycles. The molecule has 1 aromatic rings. The molecule has 0 heterocycles. The predicted octanol–water partition coefficient (Wildman–Crippen LogP) is 2.86. The van der Waals surface area contributed by atoms with Crippen molar-refractivity contribution in [2.45, 2.75) is 24.3 Å². The molecule has 0 spiro atoms. The summed E-state index contributed by atoms with van der Waals surface area (Å²) in [7, 11) is 1.84. The lowest BCUT2D eigenvalue weighted by molar-refractivity contribution is -0.143. The zero-order chi connectivity index (χ0) is 15.0. The fraction of sp³-hybridized carbons (Fsp3) is 0.467. The van der Waals surface area contributed by atoms with Crippen molar-refractivity contribution in [1.82, 2.24) is 4.90 Å². The molecule has 0 N–H and O–H groups in total. The highest BCUT2D eigenvalue weighted by Gasteiger charge is 2.17. The van der Waals surface area contributed by atoms with Crippen molar-refractivity contribution in [2.75, 3.05) is 26.5 Å². The number of carbonyl (C=O) groups is 1. The van der Waals surface area contributed by atoms with E-state index < -0.39 is 0 Å². The number of hydrogen-bond acceptors (Lipinski definition) is 5. The molecule has 0 amide bonds. The Morgan fingerprint density at radius 3 is 2.60 bits per heavy atom. The summed E-state index contributed by atoms with van der Waals surface area (Å²) < 4.78 is 4.89. The first kappa shape index (κ1) is 16.5. The molecule has 0 fully saturated rings. The second kappa shape index (κ2) is 8.62. The van der Waals surface area contributed by atoms with Crippen LogP contribution >= 0.6 is 11.8 Å². The van der Waals surface area contributed by atoms with E-state index in [4.69, 9.17) is 4.74 Å². The second-order valence-corrected chi connectivity index (χ2v) is 5.22. The van der Waals surface area contributed by atoms with Crippen LogP contribution in [0.5, 0.6) is 0 Å². The van der Waals surface area contributed by atoms with Gasteiger partial charge in [0.05, 0.1) is 19.1 Å². The predicted molar refractivity (Wildman–Crippen MR) is 80.5 cm³/mol. The minimum Gasteiger partial charge on any atom is -0.466 e. The van der Waals surface area contributed by atoms with Crippen molar-refractivity contribution in [3.05, 3.63) is 29.8 Å². The van der Waals surface area contributed by atoms with Crippen LogP contribution < -0.4 is 0 Å². The van der Waals surface area contributed by atoms with Crippen molar-refractivity contribution in [3.8, 4) is 6.07 Å². The van der Waals surface area contributed by atoms with Crippen molar-refractivity contribution in [2.24, 2.45) is 0 Å². The number of rotatable bonds is 7. The number of carbonyl (C=O) groups excluding carboxylic acids is 1. The Kier molecular flexibility index (Phi) is 7.13. The average molecular weight is 292 g/mol. The summed E-state index contributed by atoms with van der Waals surface area (Å²) in [5.41, 5.74) is 0.941. The summed E-state index contributed by atoms with van der Waals surface area (Å²) >= 11 is 1.67. The number of benzene rings is 1. The van der Waals surface area contributed by atoms with Gasteiger partial charge in [-0.3, -0.25) is 9.69 Å². The minimum atomic E-state index is -0.347. The highest BCUT2D eigenvalue weighted by atomic mass is 32.2. The van der Waals surface area contributed by atoms with Gasteiger partial charge < -0.3 is 4.74 Å². The molecule has 0 saturated heterocycles. The highest BCUT2D eigenvalue weighted by Crippen LogP contribution is 2.22. The van der Waals surface area contributed by atoms with Gasteiger partial charge in [0.2, 0.25) is 0 Å². The van der Waals surface area contributed by atoms with Crippen LogP contribution in [0.15, 0.2) is 29.2 Å². The van der Waals surface area contributed by atoms with Gasteiger partial charge in [0.25, 0.3) is 0 Å². The molecule has 1 rings (SSSR count). The fourth-order valence-corrected chi connectivity index (χ4v) is 2.25. The van der Waals surface area contributed by atoms with Crippen LogP contribution in [0.4, 0.5) is 0 Å². The van der Waals surface area contributed by atoms with Crippen molar-refractivity contribution in [3.63, 3.8) is 0 Å². The molecular formula is C15H20N2O2S. The van der Waals surface area contributed by atoms with Gasteiger partial charge in [-0.05, 0) is 37.9 Å². The van der Waals surface area contributed by atoms with Crippen LogP contribution in [-0.2, 0) is 9.53 Å². The Labute approximate surface area is 124 Å². The van der Waals surface area contributed by atoms with E-state index >= 15 is 0 Å². The van der Waals surface area contributed by atoms with E-state index in [1.165, 1.54) is 4.90 Å². The van der Waals surface area contributed by atoms with Crippen LogP contribution in [0.2, 0.25) is 0 Å². The van der Waals surface area contributed by atoms with Gasteiger partial charge >= 0.3 is 5.97 Å². The molecule has 0 aliphatic rings. The lowest BCUT2D eigenvalue weighted by Crippen LogP contribution is -2.26. The van der Waals surface area contributed by atoms with E-state index in [-0.39, 0.29) is 12.0 Å². The Balaban J connectivity index is 2.64. The largest absolute Gasteiger partial charge is 0.466 e. The number of ether oxygens (including phenoxy) is 1. The van der Waals surface area contributed by atoms with E-state index in [9.17, 15) is 10.1 Å². The summed E-state index contributed by atoms with van der Waals surface area (Å²) in [6, 6.07) is 9.86. The van der Waals surface area contributed by atoms with Gasteiger partial charge in [0, 0.05) is 11.4 Å². The van der Waals surface area contributed by atoms with Crippen molar-refractivity contribution in [1.29, 1.82) is 5.26 Å². The van der Waals surface area contributed by atoms with Gasteiger partial charge in [-0.2, -0.15) is 5.26 Å². The summed E-state index contributed by atoms with van der Waals surface area (Å²) in [5.74, 6) is -0.228. The normalized spacial score (nSPS) is 11.9. The maximum Gasteiger partial charge on any atom is 0.307 e. The Hall–Kier alpha value is -1.51. The van der Waals surface area contributed by atoms with Gasteiger partial charge in [-0.15, -0.1) is 11.8 Å². The van der Waals surface area contributed by atoms with Crippen LogP contribution in [0.3, 0.4) is 0 Å². The Morgan fingerprint density at radius 2 is 2.10 bits per heavy atom. The van der Waals surface area contributed by atoms with Crippen LogP contribution in [0.25, 0.3) is 0 Å². The molecule has 108 valence electrons. The first-order valence-electron chi connectivity index (χ1n) is 6.51. The molecule has 0 radical (unpaired) electrons. The minimum absolute atomic E-state index is 0.228. The molecule has 5 heteroatoms. The summed E-state index contributed by atoms with van der Waals surface area (Å²) in [5, 5.41) is 9.33. The van der Waals surface area contributed by atoms with Crippen LogP contribution in [0.1, 0.15) is 24.9 Å². The zero-order valence-corrected chi connectivity index (χ0v) is 12.9. The van der Waals surface area contributed by atoms with Gasteiger partial charge in [-0.1, -0.05) is 12.1 Å². The lowest BCUT2D eigenvalue weighted by Gasteiger charge is -2.22. The molecular weight excluding hydrogens is 272 g/mol. The SMILES string of the molecule is CCOC(=O)CCN(C)C(C#N)c1ccc(SC)cc1. The molecule has 1 unspecified atom stereocenters. The maximum atomic E-state index is 11.3. The van der Waals surface area contributed by atoms with Crippen molar-refractivity contribution >= 4 is 17.7 Å². The number of esters is 1. The average Bonchev–Trinajstić information content (AvgIpc) is 2.47. The molecule has 0 bridgehead atoms. The molecule has 0 aliphatic carbocycles. The summed E-state index contributed by atoms with van der Waals surface area (Å²) in [4.78, 5) is 14.4. The van der Waals surface area contributed by atoms with E-state index in [0.29, 0.717) is 19.6 Å². The van der Waals surface area contributed by atoms with Gasteiger partial charge in [-0.25, -0.2) is 0 Å². The molecule has 4 nitrogen and oxygen atoms in total. The third-order valence-electron chi connectivity index (χ3n) is 2.97. The molecule has 20 heavy (non-hydrogen) atoms.